The fourth-order valence-electron chi connectivity index (χ4n) is 2.92. The van der Waals surface area contributed by atoms with Crippen LogP contribution in [0.15, 0.2) is 29.1 Å². The van der Waals surface area contributed by atoms with Gasteiger partial charge in [0.1, 0.15) is 0 Å². The second-order valence-electron chi connectivity index (χ2n) is 5.78. The number of aromatic nitrogens is 2. The van der Waals surface area contributed by atoms with Crippen LogP contribution in [0.1, 0.15) is 43.1 Å². The average molecular weight is 299 g/mol. The van der Waals surface area contributed by atoms with Crippen LogP contribution in [0.4, 0.5) is 0 Å². The van der Waals surface area contributed by atoms with Gasteiger partial charge >= 0.3 is 0 Å². The number of amides is 1. The van der Waals surface area contributed by atoms with Gasteiger partial charge in [0.25, 0.3) is 11.5 Å². The van der Waals surface area contributed by atoms with Crippen LogP contribution in [-0.2, 0) is 6.54 Å². The molecule has 0 spiro atoms. The van der Waals surface area contributed by atoms with Gasteiger partial charge in [0.2, 0.25) is 0 Å². The molecule has 116 valence electrons. The van der Waals surface area contributed by atoms with Crippen molar-refractivity contribution in [3.05, 3.63) is 40.3 Å². The van der Waals surface area contributed by atoms with E-state index in [1.165, 1.54) is 4.68 Å². The molecule has 1 aliphatic rings. The highest BCUT2D eigenvalue weighted by molar-refractivity contribution is 6.04. The van der Waals surface area contributed by atoms with Crippen molar-refractivity contribution in [1.82, 2.24) is 14.7 Å². The van der Waals surface area contributed by atoms with Crippen LogP contribution < -0.4 is 5.56 Å². The Morgan fingerprint density at radius 2 is 1.86 bits per heavy atom. The maximum absolute atomic E-state index is 12.7. The smallest absolute Gasteiger partial charge is 0.274 e. The van der Waals surface area contributed by atoms with Crippen LogP contribution >= 0.6 is 0 Å². The van der Waals surface area contributed by atoms with E-state index in [4.69, 9.17) is 0 Å². The van der Waals surface area contributed by atoms with Crippen molar-refractivity contribution < 1.29 is 4.79 Å². The van der Waals surface area contributed by atoms with Crippen LogP contribution in [0.2, 0.25) is 0 Å². The Kier molecular flexibility index (Phi) is 4.22. The zero-order chi connectivity index (χ0) is 15.5. The molecule has 22 heavy (non-hydrogen) atoms. The number of carbonyl (C=O) groups excluding carboxylic acids is 1. The third-order valence-corrected chi connectivity index (χ3v) is 4.19. The molecule has 3 rings (SSSR count). The van der Waals surface area contributed by atoms with Crippen LogP contribution in [0.25, 0.3) is 10.8 Å². The molecule has 1 aromatic heterocycles. The van der Waals surface area contributed by atoms with Gasteiger partial charge < -0.3 is 4.90 Å². The monoisotopic (exact) mass is 299 g/mol. The minimum atomic E-state index is -0.109. The SMILES string of the molecule is CCCCn1nc(C(=O)N2CCCC2)c2ccccc2c1=O. The molecule has 0 aliphatic carbocycles. The molecule has 0 N–H and O–H groups in total. The first-order valence-electron chi connectivity index (χ1n) is 8.01. The number of likely N-dealkylation sites (tertiary alicyclic amines) is 1. The largest absolute Gasteiger partial charge is 0.337 e. The summed E-state index contributed by atoms with van der Waals surface area (Å²) in [6, 6.07) is 7.28. The third-order valence-electron chi connectivity index (χ3n) is 4.19. The number of unbranched alkanes of at least 4 members (excludes halogenated alkanes) is 1. The molecule has 0 atom stereocenters. The Morgan fingerprint density at radius 1 is 1.18 bits per heavy atom. The minimum absolute atomic E-state index is 0.0565. The quantitative estimate of drug-likeness (QED) is 0.871. The molecular weight excluding hydrogens is 278 g/mol. The molecule has 1 aromatic carbocycles. The van der Waals surface area contributed by atoms with E-state index >= 15 is 0 Å². The predicted molar refractivity (Wildman–Crippen MR) is 86.0 cm³/mol. The Morgan fingerprint density at radius 3 is 2.55 bits per heavy atom. The minimum Gasteiger partial charge on any atom is -0.337 e. The van der Waals surface area contributed by atoms with Crippen molar-refractivity contribution in [3.63, 3.8) is 0 Å². The molecule has 1 amide bonds. The van der Waals surface area contributed by atoms with E-state index < -0.39 is 0 Å². The van der Waals surface area contributed by atoms with Gasteiger partial charge in [-0.3, -0.25) is 9.59 Å². The number of hydrogen-bond acceptors (Lipinski definition) is 3. The van der Waals surface area contributed by atoms with E-state index in [-0.39, 0.29) is 11.5 Å². The summed E-state index contributed by atoms with van der Waals surface area (Å²) in [6.07, 6.45) is 3.94. The van der Waals surface area contributed by atoms with E-state index in [0.29, 0.717) is 23.0 Å². The average Bonchev–Trinajstić information content (AvgIpc) is 3.08. The summed E-state index contributed by atoms with van der Waals surface area (Å²) in [5.74, 6) is -0.0565. The maximum Gasteiger partial charge on any atom is 0.274 e. The highest BCUT2D eigenvalue weighted by Gasteiger charge is 2.24. The molecule has 0 saturated carbocycles. The zero-order valence-corrected chi connectivity index (χ0v) is 12.9. The van der Waals surface area contributed by atoms with Crippen LogP contribution in [0.3, 0.4) is 0 Å². The topological polar surface area (TPSA) is 55.2 Å². The number of benzene rings is 1. The standard InChI is InChI=1S/C17H21N3O2/c1-2-3-12-20-16(21)14-9-5-4-8-13(14)15(18-20)17(22)19-10-6-7-11-19/h4-5,8-9H,2-3,6-7,10-12H2,1H3. The van der Waals surface area contributed by atoms with Gasteiger partial charge in [-0.2, -0.15) is 5.10 Å². The fraction of sp³-hybridized carbons (Fsp3) is 0.471. The lowest BCUT2D eigenvalue weighted by Gasteiger charge is -2.17. The number of hydrogen-bond donors (Lipinski definition) is 0. The lowest BCUT2D eigenvalue weighted by molar-refractivity contribution is 0.0786. The van der Waals surface area contributed by atoms with Gasteiger partial charge in [-0.25, -0.2) is 4.68 Å². The first-order valence-corrected chi connectivity index (χ1v) is 8.01. The second kappa shape index (κ2) is 6.30. The van der Waals surface area contributed by atoms with Crippen molar-refractivity contribution in [2.75, 3.05) is 13.1 Å². The van der Waals surface area contributed by atoms with Gasteiger partial charge in [0.15, 0.2) is 5.69 Å². The third kappa shape index (κ3) is 2.63. The molecule has 1 saturated heterocycles. The molecule has 1 fully saturated rings. The van der Waals surface area contributed by atoms with E-state index in [9.17, 15) is 9.59 Å². The molecule has 1 aliphatic heterocycles. The summed E-state index contributed by atoms with van der Waals surface area (Å²) in [7, 11) is 0. The van der Waals surface area contributed by atoms with Crippen LogP contribution in [0, 0.1) is 0 Å². The summed E-state index contributed by atoms with van der Waals surface area (Å²) in [6.45, 7) is 4.19. The number of rotatable bonds is 4. The number of carbonyl (C=O) groups is 1. The van der Waals surface area contributed by atoms with Crippen LogP contribution in [-0.4, -0.2) is 33.7 Å². The number of nitrogens with zero attached hydrogens (tertiary/aromatic N) is 3. The number of aryl methyl sites for hydroxylation is 1. The number of fused-ring (bicyclic) bond motifs is 1. The van der Waals surface area contributed by atoms with Gasteiger partial charge in [-0.1, -0.05) is 31.5 Å². The summed E-state index contributed by atoms with van der Waals surface area (Å²) >= 11 is 0. The summed E-state index contributed by atoms with van der Waals surface area (Å²) < 4.78 is 1.45. The normalized spacial score (nSPS) is 14.7. The molecule has 2 aromatic rings. The molecule has 2 heterocycles. The summed E-state index contributed by atoms with van der Waals surface area (Å²) in [4.78, 5) is 27.1. The Hall–Kier alpha value is -2.17. The molecule has 0 bridgehead atoms. The van der Waals surface area contributed by atoms with Crippen molar-refractivity contribution in [3.8, 4) is 0 Å². The van der Waals surface area contributed by atoms with Gasteiger partial charge in [0, 0.05) is 25.0 Å². The van der Waals surface area contributed by atoms with Crippen molar-refractivity contribution in [2.45, 2.75) is 39.2 Å². The van der Waals surface area contributed by atoms with Crippen molar-refractivity contribution in [1.29, 1.82) is 0 Å². The molecule has 5 heteroatoms. The molecule has 0 unspecified atom stereocenters. The lowest BCUT2D eigenvalue weighted by Crippen LogP contribution is -2.32. The first-order chi connectivity index (χ1) is 10.7. The van der Waals surface area contributed by atoms with E-state index in [1.54, 1.807) is 6.07 Å². The Balaban J connectivity index is 2.12. The lowest BCUT2D eigenvalue weighted by atomic mass is 10.1. The van der Waals surface area contributed by atoms with E-state index in [1.807, 2.05) is 23.1 Å². The van der Waals surface area contributed by atoms with E-state index in [2.05, 4.69) is 12.0 Å². The molecule has 5 nitrogen and oxygen atoms in total. The van der Waals surface area contributed by atoms with Gasteiger partial charge in [-0.15, -0.1) is 0 Å². The highest BCUT2D eigenvalue weighted by atomic mass is 16.2. The summed E-state index contributed by atoms with van der Waals surface area (Å²) in [5.41, 5.74) is 0.301. The predicted octanol–water partition coefficient (Wildman–Crippen LogP) is 2.43. The molecule has 0 radical (unpaired) electrons. The first kappa shape index (κ1) is 14.8. The van der Waals surface area contributed by atoms with Crippen LogP contribution in [0.5, 0.6) is 0 Å². The maximum atomic E-state index is 12.7. The van der Waals surface area contributed by atoms with Crippen molar-refractivity contribution in [2.24, 2.45) is 0 Å². The van der Waals surface area contributed by atoms with Gasteiger partial charge in [0.05, 0.1) is 5.39 Å². The fourth-order valence-corrected chi connectivity index (χ4v) is 2.92. The second-order valence-corrected chi connectivity index (χ2v) is 5.78. The Labute approximate surface area is 129 Å². The Bertz CT molecular complexity index is 745. The molecular formula is C17H21N3O2. The van der Waals surface area contributed by atoms with E-state index in [0.717, 1.165) is 38.8 Å². The summed E-state index contributed by atoms with van der Waals surface area (Å²) in [5, 5.41) is 5.64. The van der Waals surface area contributed by atoms with Gasteiger partial charge in [-0.05, 0) is 25.3 Å². The highest BCUT2D eigenvalue weighted by Crippen LogP contribution is 2.18. The van der Waals surface area contributed by atoms with Crippen molar-refractivity contribution >= 4 is 16.7 Å². The zero-order valence-electron chi connectivity index (χ0n) is 12.9.